The SMILES string of the molecule is CS(=O)(=O)N(Cc1ccc(C(=O)NCC2CCCCC2)cc1)c1ccc(F)cc1. The van der Waals surface area contributed by atoms with Crippen LogP contribution in [-0.2, 0) is 16.6 Å². The van der Waals surface area contributed by atoms with Crippen molar-refractivity contribution in [1.82, 2.24) is 5.32 Å². The Hall–Kier alpha value is -2.41. The number of hydrogen-bond acceptors (Lipinski definition) is 3. The molecule has 1 fully saturated rings. The van der Waals surface area contributed by atoms with E-state index in [4.69, 9.17) is 0 Å². The highest BCUT2D eigenvalue weighted by molar-refractivity contribution is 7.92. The molecule has 29 heavy (non-hydrogen) atoms. The van der Waals surface area contributed by atoms with E-state index in [1.807, 2.05) is 0 Å². The van der Waals surface area contributed by atoms with Crippen LogP contribution < -0.4 is 9.62 Å². The fourth-order valence-corrected chi connectivity index (χ4v) is 4.55. The van der Waals surface area contributed by atoms with Gasteiger partial charge in [0.15, 0.2) is 0 Å². The molecule has 0 aromatic heterocycles. The minimum atomic E-state index is -3.54. The molecule has 3 rings (SSSR count). The molecule has 1 aliphatic rings. The maximum absolute atomic E-state index is 13.2. The molecule has 1 aliphatic carbocycles. The third-order valence-corrected chi connectivity index (χ3v) is 6.47. The van der Waals surface area contributed by atoms with Crippen LogP contribution in [-0.4, -0.2) is 27.1 Å². The number of amides is 1. The van der Waals surface area contributed by atoms with Gasteiger partial charge in [-0.3, -0.25) is 9.10 Å². The molecule has 1 N–H and O–H groups in total. The quantitative estimate of drug-likeness (QED) is 0.736. The summed E-state index contributed by atoms with van der Waals surface area (Å²) in [6.07, 6.45) is 7.21. The summed E-state index contributed by atoms with van der Waals surface area (Å²) in [7, 11) is -3.54. The molecular weight excluding hydrogens is 391 g/mol. The lowest BCUT2D eigenvalue weighted by Crippen LogP contribution is -2.30. The first-order chi connectivity index (χ1) is 13.8. The average Bonchev–Trinajstić information content (AvgIpc) is 2.71. The first kappa shape index (κ1) is 21.3. The van der Waals surface area contributed by atoms with Crippen molar-refractivity contribution in [3.8, 4) is 0 Å². The lowest BCUT2D eigenvalue weighted by molar-refractivity contribution is 0.0943. The Kier molecular flexibility index (Phi) is 6.90. The zero-order chi connectivity index (χ0) is 20.9. The summed E-state index contributed by atoms with van der Waals surface area (Å²) in [4.78, 5) is 12.4. The zero-order valence-electron chi connectivity index (χ0n) is 16.6. The maximum Gasteiger partial charge on any atom is 0.251 e. The van der Waals surface area contributed by atoms with Gasteiger partial charge in [0.05, 0.1) is 18.5 Å². The summed E-state index contributed by atoms with van der Waals surface area (Å²) in [6.45, 7) is 0.807. The normalized spacial score (nSPS) is 15.1. The van der Waals surface area contributed by atoms with Crippen molar-refractivity contribution in [3.63, 3.8) is 0 Å². The van der Waals surface area contributed by atoms with Crippen LogP contribution in [0.5, 0.6) is 0 Å². The number of sulfonamides is 1. The highest BCUT2D eigenvalue weighted by Crippen LogP contribution is 2.23. The van der Waals surface area contributed by atoms with Crippen LogP contribution in [0, 0.1) is 11.7 Å². The van der Waals surface area contributed by atoms with E-state index < -0.39 is 15.8 Å². The van der Waals surface area contributed by atoms with Gasteiger partial charge in [0.1, 0.15) is 5.82 Å². The summed E-state index contributed by atoms with van der Waals surface area (Å²) in [6, 6.07) is 12.2. The molecule has 0 aliphatic heterocycles. The van der Waals surface area contributed by atoms with Gasteiger partial charge >= 0.3 is 0 Å². The molecule has 2 aromatic carbocycles. The summed E-state index contributed by atoms with van der Waals surface area (Å²) in [5.74, 6) is 0.0254. The smallest absolute Gasteiger partial charge is 0.251 e. The van der Waals surface area contributed by atoms with E-state index in [2.05, 4.69) is 5.32 Å². The third kappa shape index (κ3) is 6.03. The van der Waals surface area contributed by atoms with E-state index >= 15 is 0 Å². The van der Waals surface area contributed by atoms with Crippen LogP contribution in [0.15, 0.2) is 48.5 Å². The van der Waals surface area contributed by atoms with Crippen molar-refractivity contribution in [3.05, 3.63) is 65.5 Å². The van der Waals surface area contributed by atoms with Gasteiger partial charge in [-0.2, -0.15) is 0 Å². The monoisotopic (exact) mass is 418 g/mol. The van der Waals surface area contributed by atoms with Crippen LogP contribution >= 0.6 is 0 Å². The molecule has 0 saturated heterocycles. The zero-order valence-corrected chi connectivity index (χ0v) is 17.4. The minimum absolute atomic E-state index is 0.106. The molecule has 0 atom stereocenters. The van der Waals surface area contributed by atoms with E-state index in [9.17, 15) is 17.6 Å². The number of nitrogens with zero attached hydrogens (tertiary/aromatic N) is 1. The largest absolute Gasteiger partial charge is 0.352 e. The number of benzene rings is 2. The fraction of sp³-hybridized carbons (Fsp3) is 0.409. The second-order valence-corrected chi connectivity index (χ2v) is 9.56. The summed E-state index contributed by atoms with van der Waals surface area (Å²) >= 11 is 0. The maximum atomic E-state index is 13.2. The first-order valence-corrected chi connectivity index (χ1v) is 11.8. The van der Waals surface area contributed by atoms with Gasteiger partial charge in [-0.05, 0) is 60.7 Å². The molecule has 7 heteroatoms. The number of halogens is 1. The number of carbonyl (C=O) groups is 1. The molecule has 0 spiro atoms. The van der Waals surface area contributed by atoms with Gasteiger partial charge in [0, 0.05) is 12.1 Å². The van der Waals surface area contributed by atoms with Crippen molar-refractivity contribution in [1.29, 1.82) is 0 Å². The van der Waals surface area contributed by atoms with E-state index in [1.54, 1.807) is 24.3 Å². The van der Waals surface area contributed by atoms with Crippen molar-refractivity contribution in [2.75, 3.05) is 17.1 Å². The van der Waals surface area contributed by atoms with E-state index in [-0.39, 0.29) is 12.5 Å². The minimum Gasteiger partial charge on any atom is -0.352 e. The summed E-state index contributed by atoms with van der Waals surface area (Å²) < 4.78 is 38.8. The molecule has 0 unspecified atom stereocenters. The highest BCUT2D eigenvalue weighted by atomic mass is 32.2. The molecule has 5 nitrogen and oxygen atoms in total. The molecule has 1 saturated carbocycles. The van der Waals surface area contributed by atoms with Gasteiger partial charge in [-0.25, -0.2) is 12.8 Å². The number of hydrogen-bond donors (Lipinski definition) is 1. The van der Waals surface area contributed by atoms with Crippen molar-refractivity contribution >= 4 is 21.6 Å². The fourth-order valence-electron chi connectivity index (χ4n) is 3.67. The van der Waals surface area contributed by atoms with Crippen LogP contribution in [0.2, 0.25) is 0 Å². The van der Waals surface area contributed by atoms with Crippen LogP contribution in [0.4, 0.5) is 10.1 Å². The Balaban J connectivity index is 1.64. The van der Waals surface area contributed by atoms with Crippen molar-refractivity contribution in [2.45, 2.75) is 38.6 Å². The average molecular weight is 419 g/mol. The van der Waals surface area contributed by atoms with Crippen molar-refractivity contribution in [2.24, 2.45) is 5.92 Å². The molecule has 0 radical (unpaired) electrons. The van der Waals surface area contributed by atoms with E-state index in [0.29, 0.717) is 23.7 Å². The summed E-state index contributed by atoms with van der Waals surface area (Å²) in [5, 5.41) is 3.00. The Morgan fingerprint density at radius 3 is 2.24 bits per heavy atom. The Morgan fingerprint density at radius 2 is 1.66 bits per heavy atom. The van der Waals surface area contributed by atoms with E-state index in [1.165, 1.54) is 60.7 Å². The van der Waals surface area contributed by atoms with Crippen LogP contribution in [0.1, 0.15) is 48.0 Å². The van der Waals surface area contributed by atoms with Gasteiger partial charge in [-0.15, -0.1) is 0 Å². The molecule has 2 aromatic rings. The Labute approximate surface area is 172 Å². The number of nitrogens with one attached hydrogen (secondary N) is 1. The molecule has 0 bridgehead atoms. The number of carbonyl (C=O) groups excluding carboxylic acids is 1. The van der Waals surface area contributed by atoms with Gasteiger partial charge < -0.3 is 5.32 Å². The summed E-state index contributed by atoms with van der Waals surface area (Å²) in [5.41, 5.74) is 1.68. The number of anilines is 1. The van der Waals surface area contributed by atoms with Gasteiger partial charge in [-0.1, -0.05) is 31.4 Å². The lowest BCUT2D eigenvalue weighted by atomic mass is 9.89. The predicted octanol–water partition coefficient (Wildman–Crippen LogP) is 4.10. The second-order valence-electron chi connectivity index (χ2n) is 7.66. The predicted molar refractivity (Wildman–Crippen MR) is 113 cm³/mol. The second kappa shape index (κ2) is 9.39. The Bertz CT molecular complexity index is 922. The van der Waals surface area contributed by atoms with Crippen LogP contribution in [0.25, 0.3) is 0 Å². The molecule has 156 valence electrons. The molecule has 0 heterocycles. The first-order valence-electron chi connectivity index (χ1n) is 9.93. The topological polar surface area (TPSA) is 66.5 Å². The van der Waals surface area contributed by atoms with Crippen molar-refractivity contribution < 1.29 is 17.6 Å². The number of rotatable bonds is 7. The lowest BCUT2D eigenvalue weighted by Gasteiger charge is -2.23. The highest BCUT2D eigenvalue weighted by Gasteiger charge is 2.19. The van der Waals surface area contributed by atoms with Gasteiger partial charge in [0.2, 0.25) is 10.0 Å². The third-order valence-electron chi connectivity index (χ3n) is 5.33. The molecular formula is C22H27FN2O3S. The molecule has 1 amide bonds. The van der Waals surface area contributed by atoms with Crippen LogP contribution in [0.3, 0.4) is 0 Å². The van der Waals surface area contributed by atoms with Gasteiger partial charge in [0.25, 0.3) is 5.91 Å². The standard InChI is InChI=1S/C22H27FN2O3S/c1-29(27,28)25(21-13-11-20(23)12-14-21)16-18-7-9-19(10-8-18)22(26)24-15-17-5-3-2-4-6-17/h7-14,17H,2-6,15-16H2,1H3,(H,24,26). The Morgan fingerprint density at radius 1 is 1.03 bits per heavy atom. The van der Waals surface area contributed by atoms with E-state index in [0.717, 1.165) is 11.8 Å².